The van der Waals surface area contributed by atoms with Crippen molar-refractivity contribution in [1.29, 1.82) is 0 Å². The molecule has 0 atom stereocenters. The maximum atomic E-state index is 5.62. The summed E-state index contributed by atoms with van der Waals surface area (Å²) in [5.74, 6) is 0. The van der Waals surface area contributed by atoms with E-state index in [-0.39, 0.29) is 10.8 Å². The number of ether oxygens (including phenoxy) is 1. The molecule has 0 unspecified atom stereocenters. The van der Waals surface area contributed by atoms with Gasteiger partial charge >= 0.3 is 0 Å². The van der Waals surface area contributed by atoms with E-state index in [9.17, 15) is 0 Å². The van der Waals surface area contributed by atoms with Crippen LogP contribution in [0.2, 0.25) is 0 Å². The van der Waals surface area contributed by atoms with E-state index in [1.807, 2.05) is 0 Å². The summed E-state index contributed by atoms with van der Waals surface area (Å²) in [7, 11) is 0. The van der Waals surface area contributed by atoms with Crippen LogP contribution in [-0.2, 0) is 4.74 Å². The lowest BCUT2D eigenvalue weighted by molar-refractivity contribution is 0.0379. The third-order valence-corrected chi connectivity index (χ3v) is 1.82. The smallest absolute Gasteiger partial charge is 0.0555 e. The van der Waals surface area contributed by atoms with Crippen molar-refractivity contribution < 1.29 is 4.74 Å². The molecule has 0 aromatic rings. The van der Waals surface area contributed by atoms with Gasteiger partial charge in [-0.15, -0.1) is 0 Å². The zero-order chi connectivity index (χ0) is 11.4. The first-order valence-electron chi connectivity index (χ1n) is 5.44. The molecule has 0 heterocycles. The van der Waals surface area contributed by atoms with Crippen LogP contribution < -0.4 is 0 Å². The van der Waals surface area contributed by atoms with E-state index in [4.69, 9.17) is 4.74 Å². The van der Waals surface area contributed by atoms with Crippen LogP contribution in [0.25, 0.3) is 0 Å². The number of hydrogen-bond donors (Lipinski definition) is 0. The van der Waals surface area contributed by atoms with Crippen LogP contribution in [0, 0.1) is 10.8 Å². The van der Waals surface area contributed by atoms with Gasteiger partial charge in [0.25, 0.3) is 0 Å². The third kappa shape index (κ3) is 8.31. The summed E-state index contributed by atoms with van der Waals surface area (Å²) in [6.07, 6.45) is 4.84. The Morgan fingerprint density at radius 2 is 1.50 bits per heavy atom. The quantitative estimate of drug-likeness (QED) is 0.619. The fourth-order valence-corrected chi connectivity index (χ4v) is 0.905. The third-order valence-electron chi connectivity index (χ3n) is 1.82. The zero-order valence-electron chi connectivity index (χ0n) is 10.8. The van der Waals surface area contributed by atoms with Gasteiger partial charge in [0.05, 0.1) is 12.7 Å². The fraction of sp³-hybridized carbons (Fsp3) is 0.846. The largest absolute Gasteiger partial charge is 0.378 e. The topological polar surface area (TPSA) is 9.23 Å². The molecule has 0 saturated heterocycles. The van der Waals surface area contributed by atoms with Gasteiger partial charge in [-0.1, -0.05) is 46.8 Å². The van der Waals surface area contributed by atoms with Gasteiger partial charge in [-0.2, -0.15) is 0 Å². The predicted molar refractivity (Wildman–Crippen MR) is 63.5 cm³/mol. The first kappa shape index (κ1) is 13.7. The van der Waals surface area contributed by atoms with Gasteiger partial charge in [-0.3, -0.25) is 0 Å². The Balaban J connectivity index is 4.13. The van der Waals surface area contributed by atoms with E-state index in [0.29, 0.717) is 6.10 Å². The molecule has 0 fully saturated rings. The maximum absolute atomic E-state index is 5.62. The number of allylic oxidation sites excluding steroid dienone is 1. The number of hydrogen-bond acceptors (Lipinski definition) is 1. The molecular weight excluding hydrogens is 172 g/mol. The molecule has 0 N–H and O–H groups in total. The van der Waals surface area contributed by atoms with Crippen LogP contribution in [0.15, 0.2) is 12.2 Å². The molecule has 0 aromatic carbocycles. The van der Waals surface area contributed by atoms with E-state index in [2.05, 4.69) is 60.6 Å². The highest BCUT2D eigenvalue weighted by atomic mass is 16.5. The molecule has 0 rings (SSSR count). The monoisotopic (exact) mass is 198 g/mol. The molecule has 1 heteroatoms. The molecule has 0 radical (unpaired) electrons. The van der Waals surface area contributed by atoms with Gasteiger partial charge in [-0.25, -0.2) is 0 Å². The average molecular weight is 198 g/mol. The Hall–Kier alpha value is -0.300. The summed E-state index contributed by atoms with van der Waals surface area (Å²) in [5, 5.41) is 0. The molecule has 0 saturated carbocycles. The fourth-order valence-electron chi connectivity index (χ4n) is 0.905. The average Bonchev–Trinajstić information content (AvgIpc) is 1.97. The van der Waals surface area contributed by atoms with Crippen molar-refractivity contribution in [2.24, 2.45) is 10.8 Å². The van der Waals surface area contributed by atoms with E-state index in [1.165, 1.54) is 0 Å². The van der Waals surface area contributed by atoms with E-state index >= 15 is 0 Å². The van der Waals surface area contributed by atoms with Gasteiger partial charge in [0.2, 0.25) is 0 Å². The van der Waals surface area contributed by atoms with Gasteiger partial charge in [0.1, 0.15) is 0 Å². The van der Waals surface area contributed by atoms with E-state index in [1.54, 1.807) is 0 Å². The first-order chi connectivity index (χ1) is 6.12. The second kappa shape index (κ2) is 4.97. The van der Waals surface area contributed by atoms with Crippen molar-refractivity contribution in [2.45, 2.75) is 54.6 Å². The molecule has 0 aliphatic rings. The highest BCUT2D eigenvalue weighted by Crippen LogP contribution is 2.23. The maximum Gasteiger partial charge on any atom is 0.0555 e. The van der Waals surface area contributed by atoms with Gasteiger partial charge < -0.3 is 4.74 Å². The Morgan fingerprint density at radius 1 is 1.00 bits per heavy atom. The van der Waals surface area contributed by atoms with Crippen molar-refractivity contribution in [1.82, 2.24) is 0 Å². The highest BCUT2D eigenvalue weighted by molar-refractivity contribution is 5.00. The molecule has 0 bridgehead atoms. The summed E-state index contributed by atoms with van der Waals surface area (Å²) >= 11 is 0. The number of rotatable bonds is 4. The summed E-state index contributed by atoms with van der Waals surface area (Å²) < 4.78 is 5.62. The molecule has 14 heavy (non-hydrogen) atoms. The summed E-state index contributed by atoms with van der Waals surface area (Å²) in [4.78, 5) is 0. The SMILES string of the molecule is CC(C)OCC(C)(C)/C=C/C(C)(C)C. The second-order valence-corrected chi connectivity index (χ2v) is 6.05. The van der Waals surface area contributed by atoms with Crippen molar-refractivity contribution in [3.63, 3.8) is 0 Å². The zero-order valence-corrected chi connectivity index (χ0v) is 10.8. The van der Waals surface area contributed by atoms with Crippen LogP contribution in [0.5, 0.6) is 0 Å². The van der Waals surface area contributed by atoms with Crippen molar-refractivity contribution in [3.05, 3.63) is 12.2 Å². The minimum atomic E-state index is 0.136. The van der Waals surface area contributed by atoms with Gasteiger partial charge in [-0.05, 0) is 19.3 Å². The van der Waals surface area contributed by atoms with Crippen molar-refractivity contribution in [3.8, 4) is 0 Å². The lowest BCUT2D eigenvalue weighted by Crippen LogP contribution is -2.20. The standard InChI is InChI=1S/C13H26O/c1-11(2)14-10-13(6,7)9-8-12(3,4)5/h8-9,11H,10H2,1-7H3/b9-8+. The molecule has 0 spiro atoms. The Morgan fingerprint density at radius 3 is 1.86 bits per heavy atom. The van der Waals surface area contributed by atoms with E-state index < -0.39 is 0 Å². The van der Waals surface area contributed by atoms with Crippen LogP contribution in [0.3, 0.4) is 0 Å². The van der Waals surface area contributed by atoms with Crippen LogP contribution in [0.1, 0.15) is 48.5 Å². The first-order valence-corrected chi connectivity index (χ1v) is 5.44. The molecule has 0 amide bonds. The van der Waals surface area contributed by atoms with Crippen molar-refractivity contribution >= 4 is 0 Å². The molecule has 0 aliphatic carbocycles. The molecule has 0 aromatic heterocycles. The second-order valence-electron chi connectivity index (χ2n) is 6.05. The van der Waals surface area contributed by atoms with Crippen LogP contribution >= 0.6 is 0 Å². The normalized spacial score (nSPS) is 14.3. The summed E-state index contributed by atoms with van der Waals surface area (Å²) in [6.45, 7) is 16.0. The highest BCUT2D eigenvalue weighted by Gasteiger charge is 2.16. The van der Waals surface area contributed by atoms with Crippen LogP contribution in [0.4, 0.5) is 0 Å². The Labute approximate surface area is 89.5 Å². The lowest BCUT2D eigenvalue weighted by atomic mass is 9.88. The van der Waals surface area contributed by atoms with E-state index in [0.717, 1.165) is 6.61 Å². The summed E-state index contributed by atoms with van der Waals surface area (Å²) in [6, 6.07) is 0. The molecule has 1 nitrogen and oxygen atoms in total. The molecule has 84 valence electrons. The van der Waals surface area contributed by atoms with Gasteiger partial charge in [0.15, 0.2) is 0 Å². The molecular formula is C13H26O. The molecule has 0 aliphatic heterocycles. The Kier molecular flexibility index (Phi) is 4.87. The predicted octanol–water partition coefficient (Wildman–Crippen LogP) is 4.04. The van der Waals surface area contributed by atoms with Crippen LogP contribution in [-0.4, -0.2) is 12.7 Å². The lowest BCUT2D eigenvalue weighted by Gasteiger charge is -2.23. The minimum Gasteiger partial charge on any atom is -0.378 e. The minimum absolute atomic E-state index is 0.136. The Bertz CT molecular complexity index is 182. The van der Waals surface area contributed by atoms with Gasteiger partial charge in [0, 0.05) is 5.41 Å². The van der Waals surface area contributed by atoms with Crippen molar-refractivity contribution in [2.75, 3.05) is 6.61 Å². The summed E-state index contributed by atoms with van der Waals surface area (Å²) in [5.41, 5.74) is 0.395.